The monoisotopic (exact) mass is 477 g/mol. The number of hydrogen-bond donors (Lipinski definition) is 0. The molecule has 0 radical (unpaired) electrons. The Labute approximate surface area is 192 Å². The van der Waals surface area contributed by atoms with E-state index >= 15 is 0 Å². The Balaban J connectivity index is 1.81. The third-order valence-corrected chi connectivity index (χ3v) is 6.02. The second-order valence-electron chi connectivity index (χ2n) is 8.32. The molecule has 0 bridgehead atoms. The number of ether oxygens (including phenoxy) is 1. The predicted octanol–water partition coefficient (Wildman–Crippen LogP) is 6.15. The standard InChI is InChI=1S/C26H28BrN3O/c1-18-8-7-10-20(14-18)26-28-24-13-12-22(31-19(2)16-29(3)4)15-25(24)30(26)17-21-9-5-6-11-23(21)27/h5-15,19H,16-17H2,1-4H3. The maximum absolute atomic E-state index is 6.20. The van der Waals surface area contributed by atoms with Crippen LogP contribution in [0.3, 0.4) is 0 Å². The third kappa shape index (κ3) is 5.00. The molecule has 4 nitrogen and oxygen atoms in total. The molecule has 0 saturated heterocycles. The quantitative estimate of drug-likeness (QED) is 0.319. The molecule has 31 heavy (non-hydrogen) atoms. The molecular weight excluding hydrogens is 450 g/mol. The number of aryl methyl sites for hydroxylation is 1. The van der Waals surface area contributed by atoms with Gasteiger partial charge < -0.3 is 14.2 Å². The Hall–Kier alpha value is -2.63. The van der Waals surface area contributed by atoms with Gasteiger partial charge in [-0.2, -0.15) is 0 Å². The van der Waals surface area contributed by atoms with Crippen molar-refractivity contribution >= 4 is 27.0 Å². The molecule has 0 fully saturated rings. The van der Waals surface area contributed by atoms with Crippen LogP contribution >= 0.6 is 15.9 Å². The highest BCUT2D eigenvalue weighted by atomic mass is 79.9. The lowest BCUT2D eigenvalue weighted by molar-refractivity contribution is 0.177. The van der Waals surface area contributed by atoms with Gasteiger partial charge in [0.25, 0.3) is 0 Å². The van der Waals surface area contributed by atoms with Gasteiger partial charge >= 0.3 is 0 Å². The summed E-state index contributed by atoms with van der Waals surface area (Å²) in [6.07, 6.45) is 0.100. The van der Waals surface area contributed by atoms with Crippen molar-refractivity contribution in [3.8, 4) is 17.1 Å². The van der Waals surface area contributed by atoms with E-state index in [1.807, 2.05) is 12.1 Å². The summed E-state index contributed by atoms with van der Waals surface area (Å²) in [5.74, 6) is 1.83. The van der Waals surface area contributed by atoms with Crippen LogP contribution in [0.2, 0.25) is 0 Å². The maximum atomic E-state index is 6.20. The van der Waals surface area contributed by atoms with Crippen LogP contribution in [0.25, 0.3) is 22.4 Å². The van der Waals surface area contributed by atoms with Gasteiger partial charge in [-0.05, 0) is 57.8 Å². The summed E-state index contributed by atoms with van der Waals surface area (Å²) in [6.45, 7) is 5.80. The molecule has 1 aromatic heterocycles. The minimum absolute atomic E-state index is 0.100. The third-order valence-electron chi connectivity index (χ3n) is 5.24. The molecule has 5 heteroatoms. The van der Waals surface area contributed by atoms with Crippen LogP contribution in [0, 0.1) is 6.92 Å². The van der Waals surface area contributed by atoms with Crippen LogP contribution < -0.4 is 4.74 Å². The number of hydrogen-bond acceptors (Lipinski definition) is 3. The molecule has 160 valence electrons. The molecule has 0 saturated carbocycles. The van der Waals surface area contributed by atoms with Crippen LogP contribution in [0.5, 0.6) is 5.75 Å². The number of benzene rings is 3. The highest BCUT2D eigenvalue weighted by molar-refractivity contribution is 9.10. The Morgan fingerprint density at radius 2 is 1.84 bits per heavy atom. The summed E-state index contributed by atoms with van der Waals surface area (Å²) in [4.78, 5) is 7.14. The van der Waals surface area contributed by atoms with Gasteiger partial charge in [0.15, 0.2) is 0 Å². The van der Waals surface area contributed by atoms with E-state index in [1.165, 1.54) is 11.1 Å². The number of fused-ring (bicyclic) bond motifs is 1. The van der Waals surface area contributed by atoms with Crippen LogP contribution in [-0.2, 0) is 6.54 Å². The van der Waals surface area contributed by atoms with Crippen molar-refractivity contribution in [2.24, 2.45) is 0 Å². The lowest BCUT2D eigenvalue weighted by Gasteiger charge is -2.19. The SMILES string of the molecule is Cc1cccc(-c2nc3ccc(OC(C)CN(C)C)cc3n2Cc2ccccc2Br)c1. The van der Waals surface area contributed by atoms with E-state index in [0.29, 0.717) is 0 Å². The first-order valence-corrected chi connectivity index (χ1v) is 11.3. The van der Waals surface area contributed by atoms with Gasteiger partial charge in [0.1, 0.15) is 17.7 Å². The normalized spacial score (nSPS) is 12.5. The van der Waals surface area contributed by atoms with Crippen molar-refractivity contribution in [3.63, 3.8) is 0 Å². The molecule has 0 amide bonds. The largest absolute Gasteiger partial charge is 0.489 e. The zero-order chi connectivity index (χ0) is 22.0. The highest BCUT2D eigenvalue weighted by Gasteiger charge is 2.16. The van der Waals surface area contributed by atoms with Crippen molar-refractivity contribution < 1.29 is 4.74 Å². The summed E-state index contributed by atoms with van der Waals surface area (Å²) < 4.78 is 9.59. The zero-order valence-corrected chi connectivity index (χ0v) is 20.1. The Morgan fingerprint density at radius 1 is 1.03 bits per heavy atom. The number of imidazole rings is 1. The zero-order valence-electron chi connectivity index (χ0n) is 18.5. The van der Waals surface area contributed by atoms with Gasteiger partial charge in [0.2, 0.25) is 0 Å². The van der Waals surface area contributed by atoms with Crippen LogP contribution in [0.4, 0.5) is 0 Å². The summed E-state index contributed by atoms with van der Waals surface area (Å²) in [6, 6.07) is 23.1. The number of likely N-dealkylation sites (N-methyl/N-ethyl adjacent to an activating group) is 1. The van der Waals surface area contributed by atoms with Gasteiger partial charge in [-0.1, -0.05) is 57.9 Å². The van der Waals surface area contributed by atoms with E-state index in [1.54, 1.807) is 0 Å². The van der Waals surface area contributed by atoms with Crippen molar-refractivity contribution in [3.05, 3.63) is 82.3 Å². The molecular formula is C26H28BrN3O. The molecule has 0 spiro atoms. The predicted molar refractivity (Wildman–Crippen MR) is 132 cm³/mol. The van der Waals surface area contributed by atoms with E-state index in [2.05, 4.69) is 108 Å². The van der Waals surface area contributed by atoms with E-state index in [0.717, 1.165) is 45.7 Å². The molecule has 1 heterocycles. The van der Waals surface area contributed by atoms with Gasteiger partial charge in [-0.25, -0.2) is 4.98 Å². The van der Waals surface area contributed by atoms with Crippen molar-refractivity contribution in [1.29, 1.82) is 0 Å². The molecule has 0 aliphatic carbocycles. The smallest absolute Gasteiger partial charge is 0.141 e. The first-order valence-electron chi connectivity index (χ1n) is 10.5. The Morgan fingerprint density at radius 3 is 2.58 bits per heavy atom. The lowest BCUT2D eigenvalue weighted by Crippen LogP contribution is -2.27. The Bertz CT molecular complexity index is 1200. The molecule has 4 rings (SSSR count). The fraction of sp³-hybridized carbons (Fsp3) is 0.269. The number of rotatable bonds is 7. The summed E-state index contributed by atoms with van der Waals surface area (Å²) in [5, 5.41) is 0. The maximum Gasteiger partial charge on any atom is 0.141 e. The second kappa shape index (κ2) is 9.25. The Kier molecular flexibility index (Phi) is 6.44. The number of halogens is 1. The topological polar surface area (TPSA) is 30.3 Å². The minimum atomic E-state index is 0.100. The first-order chi connectivity index (χ1) is 14.9. The van der Waals surface area contributed by atoms with Gasteiger partial charge in [-0.3, -0.25) is 0 Å². The molecule has 1 unspecified atom stereocenters. The van der Waals surface area contributed by atoms with Crippen LogP contribution in [-0.4, -0.2) is 41.2 Å². The first kappa shape index (κ1) is 21.6. The van der Waals surface area contributed by atoms with E-state index in [9.17, 15) is 0 Å². The summed E-state index contributed by atoms with van der Waals surface area (Å²) in [7, 11) is 4.12. The molecule has 0 N–H and O–H groups in total. The molecule has 3 aromatic carbocycles. The fourth-order valence-electron chi connectivity index (χ4n) is 3.92. The van der Waals surface area contributed by atoms with E-state index < -0.39 is 0 Å². The van der Waals surface area contributed by atoms with Gasteiger partial charge in [-0.15, -0.1) is 0 Å². The summed E-state index contributed by atoms with van der Waals surface area (Å²) >= 11 is 3.71. The average molecular weight is 478 g/mol. The fourth-order valence-corrected chi connectivity index (χ4v) is 4.33. The second-order valence-corrected chi connectivity index (χ2v) is 9.18. The van der Waals surface area contributed by atoms with Crippen LogP contribution in [0.15, 0.2) is 71.2 Å². The van der Waals surface area contributed by atoms with Gasteiger partial charge in [0, 0.05) is 22.6 Å². The van der Waals surface area contributed by atoms with Crippen molar-refractivity contribution in [2.75, 3.05) is 20.6 Å². The molecule has 1 atom stereocenters. The lowest BCUT2D eigenvalue weighted by atomic mass is 10.1. The summed E-state index contributed by atoms with van der Waals surface area (Å²) in [5.41, 5.74) is 5.59. The van der Waals surface area contributed by atoms with Gasteiger partial charge in [0.05, 0.1) is 17.6 Å². The number of aromatic nitrogens is 2. The highest BCUT2D eigenvalue weighted by Crippen LogP contribution is 2.30. The van der Waals surface area contributed by atoms with Crippen molar-refractivity contribution in [2.45, 2.75) is 26.5 Å². The average Bonchev–Trinajstić information content (AvgIpc) is 3.07. The molecule has 0 aliphatic rings. The van der Waals surface area contributed by atoms with Crippen molar-refractivity contribution in [1.82, 2.24) is 14.5 Å². The van der Waals surface area contributed by atoms with Crippen LogP contribution in [0.1, 0.15) is 18.1 Å². The molecule has 4 aromatic rings. The van der Waals surface area contributed by atoms with E-state index in [-0.39, 0.29) is 6.10 Å². The minimum Gasteiger partial charge on any atom is -0.489 e. The number of nitrogens with zero attached hydrogens (tertiary/aromatic N) is 3. The molecule has 0 aliphatic heterocycles. The van der Waals surface area contributed by atoms with E-state index in [4.69, 9.17) is 9.72 Å².